The van der Waals surface area contributed by atoms with Crippen molar-refractivity contribution >= 4 is 58.8 Å². The molecule has 0 aliphatic carbocycles. The Bertz CT molecular complexity index is 1260. The van der Waals surface area contributed by atoms with Crippen LogP contribution in [0.25, 0.3) is 0 Å². The third-order valence-corrected chi connectivity index (χ3v) is 7.25. The number of nitrogens with zero attached hydrogens (tertiary/aromatic N) is 2. The number of hydrogen-bond donors (Lipinski definition) is 2. The Labute approximate surface area is 237 Å². The Balaban J connectivity index is 0.000000599. The predicted molar refractivity (Wildman–Crippen MR) is 153 cm³/mol. The van der Waals surface area contributed by atoms with Gasteiger partial charge in [0.1, 0.15) is 0 Å². The summed E-state index contributed by atoms with van der Waals surface area (Å²) in [7, 11) is 0. The summed E-state index contributed by atoms with van der Waals surface area (Å²) in [5, 5.41) is 3.31. The minimum absolute atomic E-state index is 0.0200. The molecule has 1 aliphatic rings. The number of nitrogens with two attached hydrogens (primary N) is 1. The van der Waals surface area contributed by atoms with Gasteiger partial charge in [0.05, 0.1) is 16.1 Å². The van der Waals surface area contributed by atoms with Crippen molar-refractivity contribution in [3.63, 3.8) is 0 Å². The van der Waals surface area contributed by atoms with E-state index in [4.69, 9.17) is 34.8 Å². The highest BCUT2D eigenvalue weighted by atomic mass is 35.5. The van der Waals surface area contributed by atoms with E-state index in [0.29, 0.717) is 33.1 Å². The van der Waals surface area contributed by atoms with E-state index >= 15 is 0 Å². The summed E-state index contributed by atoms with van der Waals surface area (Å²) >= 11 is 18.5. The van der Waals surface area contributed by atoms with Crippen LogP contribution in [0.4, 0.5) is 10.5 Å². The first kappa shape index (κ1) is 29.3. The molecule has 10 heteroatoms. The van der Waals surface area contributed by atoms with Crippen LogP contribution in [-0.2, 0) is 4.79 Å². The molecule has 1 fully saturated rings. The van der Waals surface area contributed by atoms with Crippen LogP contribution >= 0.6 is 34.8 Å². The summed E-state index contributed by atoms with van der Waals surface area (Å²) in [6.45, 7) is 4.29. The van der Waals surface area contributed by atoms with E-state index in [9.17, 15) is 14.4 Å². The number of carbonyl (C=O) groups is 3. The number of primary amides is 1. The molecule has 38 heavy (non-hydrogen) atoms. The number of rotatable bonds is 6. The van der Waals surface area contributed by atoms with Crippen molar-refractivity contribution in [3.8, 4) is 0 Å². The van der Waals surface area contributed by atoms with Crippen molar-refractivity contribution in [2.24, 2.45) is 5.73 Å². The maximum atomic E-state index is 13.4. The first-order chi connectivity index (χ1) is 18.2. The molecular formula is C28H29Cl3N4O3. The number of nitrogens with one attached hydrogen (secondary N) is 1. The van der Waals surface area contributed by atoms with E-state index in [2.05, 4.69) is 41.8 Å². The van der Waals surface area contributed by atoms with Crippen molar-refractivity contribution < 1.29 is 14.4 Å². The van der Waals surface area contributed by atoms with Crippen LogP contribution in [0.2, 0.25) is 15.1 Å². The molecule has 1 heterocycles. The highest BCUT2D eigenvalue weighted by molar-refractivity contribution is 6.42. The Morgan fingerprint density at radius 1 is 1.00 bits per heavy atom. The lowest BCUT2D eigenvalue weighted by molar-refractivity contribution is -0.108. The number of hydrogen-bond acceptors (Lipinski definition) is 4. The Morgan fingerprint density at radius 2 is 1.74 bits per heavy atom. The van der Waals surface area contributed by atoms with Crippen molar-refractivity contribution in [1.29, 1.82) is 0 Å². The fourth-order valence-corrected chi connectivity index (χ4v) is 4.89. The summed E-state index contributed by atoms with van der Waals surface area (Å²) in [5.74, 6) is 0.330. The smallest absolute Gasteiger partial charge is 0.318 e. The number of piperazine rings is 1. The fraction of sp³-hybridized carbons (Fsp3) is 0.250. The zero-order valence-corrected chi connectivity index (χ0v) is 23.1. The minimum Gasteiger partial charge on any atom is -0.368 e. The van der Waals surface area contributed by atoms with Crippen LogP contribution in [0.3, 0.4) is 0 Å². The molecule has 2 atom stereocenters. The molecule has 2 unspecified atom stereocenters. The van der Waals surface area contributed by atoms with Gasteiger partial charge in [-0.1, -0.05) is 78.1 Å². The van der Waals surface area contributed by atoms with E-state index in [1.54, 1.807) is 17.4 Å². The number of amides is 4. The largest absolute Gasteiger partial charge is 0.368 e. The van der Waals surface area contributed by atoms with E-state index in [-0.39, 0.29) is 18.4 Å². The normalized spacial score (nSPS) is 15.6. The van der Waals surface area contributed by atoms with Gasteiger partial charge in [0.15, 0.2) is 0 Å². The van der Waals surface area contributed by atoms with Gasteiger partial charge in [-0.05, 0) is 54.3 Å². The second kappa shape index (κ2) is 14.0. The first-order valence-electron chi connectivity index (χ1n) is 12.0. The average molecular weight is 576 g/mol. The van der Waals surface area contributed by atoms with E-state index in [0.717, 1.165) is 25.2 Å². The molecule has 3 aromatic rings. The van der Waals surface area contributed by atoms with E-state index < -0.39 is 6.03 Å². The van der Waals surface area contributed by atoms with Crippen LogP contribution < -0.4 is 16.0 Å². The molecule has 0 radical (unpaired) electrons. The van der Waals surface area contributed by atoms with Gasteiger partial charge in [-0.25, -0.2) is 4.79 Å². The molecule has 3 N–H and O–H groups in total. The summed E-state index contributed by atoms with van der Waals surface area (Å²) < 4.78 is 0. The molecule has 4 rings (SSSR count). The molecule has 7 nitrogen and oxygen atoms in total. The van der Waals surface area contributed by atoms with Crippen LogP contribution in [0, 0.1) is 0 Å². The summed E-state index contributed by atoms with van der Waals surface area (Å²) in [6.07, 6.45) is 1.08. The molecule has 200 valence electrons. The first-order valence-corrected chi connectivity index (χ1v) is 13.1. The molecule has 3 aromatic carbocycles. The van der Waals surface area contributed by atoms with Crippen LogP contribution in [-0.4, -0.2) is 48.9 Å². The lowest BCUT2D eigenvalue weighted by atomic mass is 9.91. The number of benzene rings is 3. The van der Waals surface area contributed by atoms with E-state index in [1.165, 1.54) is 5.56 Å². The SMILES string of the molecule is CC(CC1CN(c2ccc(Cl)c(Cl)c2)CCN1C(=O)c1cccc(Cl)c1)c1ccccc1.NC(=O)NC=O. The van der Waals surface area contributed by atoms with Gasteiger partial charge in [0, 0.05) is 35.9 Å². The molecule has 1 aliphatic heterocycles. The third-order valence-electron chi connectivity index (χ3n) is 6.28. The topological polar surface area (TPSA) is 95.7 Å². The second-order valence-electron chi connectivity index (χ2n) is 8.88. The van der Waals surface area contributed by atoms with Gasteiger partial charge in [0.2, 0.25) is 6.41 Å². The second-order valence-corrected chi connectivity index (χ2v) is 10.1. The van der Waals surface area contributed by atoms with Gasteiger partial charge in [-0.2, -0.15) is 0 Å². The van der Waals surface area contributed by atoms with Gasteiger partial charge in [-0.15, -0.1) is 0 Å². The zero-order valence-electron chi connectivity index (χ0n) is 20.8. The van der Waals surface area contributed by atoms with Gasteiger partial charge < -0.3 is 15.5 Å². The lowest BCUT2D eigenvalue weighted by Crippen LogP contribution is -2.55. The minimum atomic E-state index is -0.829. The Kier molecular flexibility index (Phi) is 10.8. The summed E-state index contributed by atoms with van der Waals surface area (Å²) in [5.41, 5.74) is 7.34. The maximum absolute atomic E-state index is 13.4. The molecule has 0 bridgehead atoms. The van der Waals surface area contributed by atoms with Gasteiger partial charge in [0.25, 0.3) is 5.91 Å². The van der Waals surface area contributed by atoms with Crippen LogP contribution in [0.5, 0.6) is 0 Å². The monoisotopic (exact) mass is 574 g/mol. The highest BCUT2D eigenvalue weighted by Crippen LogP contribution is 2.31. The summed E-state index contributed by atoms with van der Waals surface area (Å²) in [4.78, 5) is 36.4. The quantitative estimate of drug-likeness (QED) is 0.353. The number of anilines is 1. The zero-order chi connectivity index (χ0) is 27.7. The standard InChI is InChI=1S/C26H25Cl3N2O.C2H4N2O2/c1-18(19-6-3-2-4-7-19)14-23-17-30(22-10-11-24(28)25(29)16-22)12-13-31(23)26(32)20-8-5-9-21(27)15-20;3-2(6)4-1-5/h2-11,15-16,18,23H,12-14,17H2,1H3;1H,(H3,3,4,5,6). The molecular weight excluding hydrogens is 547 g/mol. The average Bonchev–Trinajstić information content (AvgIpc) is 2.90. The van der Waals surface area contributed by atoms with Crippen molar-refractivity contribution in [2.75, 3.05) is 24.5 Å². The fourth-order valence-electron chi connectivity index (χ4n) is 4.41. The van der Waals surface area contributed by atoms with Gasteiger partial charge in [-0.3, -0.25) is 14.9 Å². The molecule has 0 saturated carbocycles. The van der Waals surface area contributed by atoms with Crippen molar-refractivity contribution in [3.05, 3.63) is 99.0 Å². The van der Waals surface area contributed by atoms with Gasteiger partial charge >= 0.3 is 6.03 Å². The Hall–Kier alpha value is -3.26. The lowest BCUT2D eigenvalue weighted by Gasteiger charge is -2.43. The number of urea groups is 1. The number of imide groups is 1. The third kappa shape index (κ3) is 8.12. The van der Waals surface area contributed by atoms with Crippen molar-refractivity contribution in [1.82, 2.24) is 10.2 Å². The van der Waals surface area contributed by atoms with Crippen LogP contribution in [0.15, 0.2) is 72.8 Å². The molecule has 4 amide bonds. The number of carbonyl (C=O) groups excluding carboxylic acids is 3. The predicted octanol–water partition coefficient (Wildman–Crippen LogP) is 5.98. The molecule has 1 saturated heterocycles. The maximum Gasteiger partial charge on any atom is 0.318 e. The molecule has 0 spiro atoms. The summed E-state index contributed by atoms with van der Waals surface area (Å²) in [6, 6.07) is 22.5. The Morgan fingerprint density at radius 3 is 2.34 bits per heavy atom. The van der Waals surface area contributed by atoms with Crippen molar-refractivity contribution in [2.45, 2.75) is 25.3 Å². The van der Waals surface area contributed by atoms with E-state index in [1.807, 2.05) is 41.3 Å². The number of halogens is 3. The molecule has 0 aromatic heterocycles. The highest BCUT2D eigenvalue weighted by Gasteiger charge is 2.32. The van der Waals surface area contributed by atoms with Crippen LogP contribution in [0.1, 0.15) is 35.2 Å².